The molecular formula is C14H23NO3. The first-order valence-corrected chi connectivity index (χ1v) is 6.21. The van der Waals surface area contributed by atoms with Crippen LogP contribution in [0.4, 0.5) is 0 Å². The minimum Gasteiger partial charge on any atom is -0.459 e. The van der Waals surface area contributed by atoms with Crippen LogP contribution in [0.15, 0.2) is 23.8 Å². The lowest BCUT2D eigenvalue weighted by Gasteiger charge is -2.16. The zero-order valence-electron chi connectivity index (χ0n) is 11.5. The standard InChI is InChI=1S/C14H23NO3/c1-5-6-7-12(18-14(17)10(2)3)9-8-11(4)13(15)16/h8,12H,2,5-7,9H2,1,3-4H3,(H2,15,16)/b11-8+. The molecule has 0 aliphatic carbocycles. The highest BCUT2D eigenvalue weighted by atomic mass is 16.5. The van der Waals surface area contributed by atoms with Crippen molar-refractivity contribution in [1.29, 1.82) is 0 Å². The number of nitrogens with two attached hydrogens (primary N) is 1. The Morgan fingerprint density at radius 3 is 2.44 bits per heavy atom. The van der Waals surface area contributed by atoms with Gasteiger partial charge in [0.25, 0.3) is 0 Å². The first kappa shape index (κ1) is 16.4. The lowest BCUT2D eigenvalue weighted by atomic mass is 10.1. The maximum Gasteiger partial charge on any atom is 0.333 e. The molecule has 4 nitrogen and oxygen atoms in total. The van der Waals surface area contributed by atoms with Gasteiger partial charge in [-0.3, -0.25) is 4.79 Å². The summed E-state index contributed by atoms with van der Waals surface area (Å²) < 4.78 is 5.31. The van der Waals surface area contributed by atoms with Crippen LogP contribution in [0.1, 0.15) is 46.5 Å². The molecule has 0 aliphatic heterocycles. The molecule has 0 radical (unpaired) electrons. The molecule has 1 amide bonds. The third kappa shape index (κ3) is 6.89. The van der Waals surface area contributed by atoms with E-state index in [-0.39, 0.29) is 12.1 Å². The summed E-state index contributed by atoms with van der Waals surface area (Å²) in [7, 11) is 0. The zero-order valence-corrected chi connectivity index (χ0v) is 11.5. The number of ether oxygens (including phenoxy) is 1. The van der Waals surface area contributed by atoms with Gasteiger partial charge in [-0.1, -0.05) is 32.4 Å². The summed E-state index contributed by atoms with van der Waals surface area (Å²) in [4.78, 5) is 22.3. The van der Waals surface area contributed by atoms with Gasteiger partial charge in [0.15, 0.2) is 0 Å². The summed E-state index contributed by atoms with van der Waals surface area (Å²) in [5, 5.41) is 0. The fourth-order valence-corrected chi connectivity index (χ4v) is 1.32. The molecule has 0 saturated heterocycles. The molecule has 2 N–H and O–H groups in total. The quantitative estimate of drug-likeness (QED) is 0.533. The van der Waals surface area contributed by atoms with E-state index in [0.717, 1.165) is 19.3 Å². The normalized spacial score (nSPS) is 12.9. The van der Waals surface area contributed by atoms with E-state index in [0.29, 0.717) is 17.6 Å². The first-order valence-electron chi connectivity index (χ1n) is 6.21. The number of primary amides is 1. The second-order valence-electron chi connectivity index (χ2n) is 4.44. The molecule has 0 aromatic rings. The Labute approximate surface area is 109 Å². The highest BCUT2D eigenvalue weighted by Crippen LogP contribution is 2.13. The van der Waals surface area contributed by atoms with Gasteiger partial charge in [0.2, 0.25) is 5.91 Å². The van der Waals surface area contributed by atoms with Crippen molar-refractivity contribution in [2.75, 3.05) is 0 Å². The maximum absolute atomic E-state index is 11.5. The van der Waals surface area contributed by atoms with Gasteiger partial charge in [-0.2, -0.15) is 0 Å². The maximum atomic E-state index is 11.5. The van der Waals surface area contributed by atoms with Crippen LogP contribution in [0.5, 0.6) is 0 Å². The molecule has 102 valence electrons. The number of hydrogen-bond donors (Lipinski definition) is 1. The fraction of sp³-hybridized carbons (Fsp3) is 0.571. The van der Waals surface area contributed by atoms with Gasteiger partial charge in [0, 0.05) is 17.6 Å². The average molecular weight is 253 g/mol. The summed E-state index contributed by atoms with van der Waals surface area (Å²) in [6.45, 7) is 8.89. The topological polar surface area (TPSA) is 69.4 Å². The highest BCUT2D eigenvalue weighted by molar-refractivity contribution is 5.91. The van der Waals surface area contributed by atoms with Crippen molar-refractivity contribution < 1.29 is 14.3 Å². The minimum absolute atomic E-state index is 0.219. The van der Waals surface area contributed by atoms with E-state index in [1.807, 2.05) is 0 Å². The van der Waals surface area contributed by atoms with Gasteiger partial charge in [-0.15, -0.1) is 0 Å². The lowest BCUT2D eigenvalue weighted by Crippen LogP contribution is -2.19. The Hall–Kier alpha value is -1.58. The molecule has 0 aromatic carbocycles. The number of hydrogen-bond acceptors (Lipinski definition) is 3. The van der Waals surface area contributed by atoms with E-state index < -0.39 is 5.91 Å². The monoisotopic (exact) mass is 253 g/mol. The predicted octanol–water partition coefficient (Wildman–Crippen LogP) is 2.49. The molecule has 0 aliphatic rings. The van der Waals surface area contributed by atoms with Crippen LogP contribution in [0.25, 0.3) is 0 Å². The van der Waals surface area contributed by atoms with Crippen molar-refractivity contribution in [3.8, 4) is 0 Å². The molecular weight excluding hydrogens is 230 g/mol. The average Bonchev–Trinajstić information content (AvgIpc) is 2.31. The Morgan fingerprint density at radius 1 is 1.39 bits per heavy atom. The van der Waals surface area contributed by atoms with Crippen molar-refractivity contribution in [3.05, 3.63) is 23.8 Å². The van der Waals surface area contributed by atoms with Gasteiger partial charge in [0.1, 0.15) is 6.10 Å². The second-order valence-corrected chi connectivity index (χ2v) is 4.44. The number of amides is 1. The van der Waals surface area contributed by atoms with E-state index in [1.54, 1.807) is 19.9 Å². The minimum atomic E-state index is -0.449. The summed E-state index contributed by atoms with van der Waals surface area (Å²) in [6.07, 6.45) is 4.78. The number of esters is 1. The molecule has 4 heteroatoms. The van der Waals surface area contributed by atoms with Crippen LogP contribution in [0.3, 0.4) is 0 Å². The number of carbonyl (C=O) groups is 2. The van der Waals surface area contributed by atoms with Gasteiger partial charge in [-0.25, -0.2) is 4.79 Å². The van der Waals surface area contributed by atoms with Crippen LogP contribution in [0, 0.1) is 0 Å². The van der Waals surface area contributed by atoms with E-state index in [2.05, 4.69) is 13.5 Å². The highest BCUT2D eigenvalue weighted by Gasteiger charge is 2.13. The van der Waals surface area contributed by atoms with E-state index in [4.69, 9.17) is 10.5 Å². The smallest absolute Gasteiger partial charge is 0.333 e. The van der Waals surface area contributed by atoms with Crippen LogP contribution < -0.4 is 5.73 Å². The summed E-state index contributed by atoms with van der Waals surface area (Å²) in [6, 6.07) is 0. The largest absolute Gasteiger partial charge is 0.459 e. The summed E-state index contributed by atoms with van der Waals surface area (Å²) >= 11 is 0. The van der Waals surface area contributed by atoms with Gasteiger partial charge >= 0.3 is 5.97 Å². The number of rotatable bonds is 8. The predicted molar refractivity (Wildman–Crippen MR) is 71.8 cm³/mol. The van der Waals surface area contributed by atoms with Crippen LogP contribution >= 0.6 is 0 Å². The van der Waals surface area contributed by atoms with Gasteiger partial charge < -0.3 is 10.5 Å². The van der Waals surface area contributed by atoms with Crippen LogP contribution in [-0.4, -0.2) is 18.0 Å². The summed E-state index contributed by atoms with van der Waals surface area (Å²) in [5.74, 6) is -0.836. The SMILES string of the molecule is C=C(C)C(=O)OC(C/C=C(\C)C(N)=O)CCCC. The molecule has 18 heavy (non-hydrogen) atoms. The van der Waals surface area contributed by atoms with Gasteiger partial charge in [-0.05, 0) is 20.3 Å². The molecule has 0 fully saturated rings. The number of carbonyl (C=O) groups excluding carboxylic acids is 2. The van der Waals surface area contributed by atoms with E-state index >= 15 is 0 Å². The Kier molecular flexibility index (Phi) is 7.76. The van der Waals surface area contributed by atoms with Crippen molar-refractivity contribution in [2.24, 2.45) is 5.73 Å². The molecule has 1 unspecified atom stereocenters. The Morgan fingerprint density at radius 2 is 2.00 bits per heavy atom. The van der Waals surface area contributed by atoms with Crippen molar-refractivity contribution >= 4 is 11.9 Å². The fourth-order valence-electron chi connectivity index (χ4n) is 1.32. The molecule has 0 aromatic heterocycles. The molecule has 0 heterocycles. The Balaban J connectivity index is 4.49. The van der Waals surface area contributed by atoms with Crippen molar-refractivity contribution in [1.82, 2.24) is 0 Å². The lowest BCUT2D eigenvalue weighted by molar-refractivity contribution is -0.144. The van der Waals surface area contributed by atoms with Gasteiger partial charge in [0.05, 0.1) is 0 Å². The van der Waals surface area contributed by atoms with Crippen molar-refractivity contribution in [2.45, 2.75) is 52.6 Å². The molecule has 1 atom stereocenters. The van der Waals surface area contributed by atoms with E-state index in [9.17, 15) is 9.59 Å². The molecule has 0 rings (SSSR count). The van der Waals surface area contributed by atoms with Crippen molar-refractivity contribution in [3.63, 3.8) is 0 Å². The zero-order chi connectivity index (χ0) is 14.1. The third-order valence-corrected chi connectivity index (χ3v) is 2.58. The molecule has 0 saturated carbocycles. The molecule has 0 spiro atoms. The first-order chi connectivity index (χ1) is 8.38. The summed E-state index contributed by atoms with van der Waals surface area (Å²) in [5.41, 5.74) is 6.01. The molecule has 0 bridgehead atoms. The number of unbranched alkanes of at least 4 members (excludes halogenated alkanes) is 1. The Bertz CT molecular complexity index is 345. The second kappa shape index (κ2) is 8.50. The van der Waals surface area contributed by atoms with Crippen LogP contribution in [0.2, 0.25) is 0 Å². The van der Waals surface area contributed by atoms with E-state index in [1.165, 1.54) is 0 Å². The third-order valence-electron chi connectivity index (χ3n) is 2.58. The van der Waals surface area contributed by atoms with Crippen LogP contribution in [-0.2, 0) is 14.3 Å².